The van der Waals surface area contributed by atoms with E-state index in [1.54, 1.807) is 35.8 Å². The van der Waals surface area contributed by atoms with E-state index in [0.29, 0.717) is 28.6 Å². The van der Waals surface area contributed by atoms with E-state index in [1.807, 2.05) is 18.5 Å². The van der Waals surface area contributed by atoms with Gasteiger partial charge in [-0.05, 0) is 50.8 Å². The first-order chi connectivity index (χ1) is 18.4. The van der Waals surface area contributed by atoms with Crippen molar-refractivity contribution in [2.75, 3.05) is 20.6 Å². The molecule has 1 amide bonds. The summed E-state index contributed by atoms with van der Waals surface area (Å²) in [7, 11) is 3.54. The third kappa shape index (κ3) is 5.14. The van der Waals surface area contributed by atoms with E-state index in [1.165, 1.54) is 24.0 Å². The lowest BCUT2D eigenvalue weighted by Crippen LogP contribution is -2.40. The minimum absolute atomic E-state index is 0.0824. The number of fused-ring (bicyclic) bond motifs is 1. The van der Waals surface area contributed by atoms with Crippen molar-refractivity contribution < 1.29 is 9.18 Å². The van der Waals surface area contributed by atoms with Crippen molar-refractivity contribution in [1.82, 2.24) is 34.6 Å². The molecule has 0 unspecified atom stereocenters. The van der Waals surface area contributed by atoms with E-state index in [-0.39, 0.29) is 17.0 Å². The fraction of sp³-hybridized carbons (Fsp3) is 0.370. The number of nitrogens with one attached hydrogen (secondary N) is 1. The lowest BCUT2D eigenvalue weighted by molar-refractivity contribution is -0.127. The molecule has 1 fully saturated rings. The number of halogens is 1. The largest absolute Gasteiger partial charge is 0.348 e. The van der Waals surface area contributed by atoms with Crippen LogP contribution in [0.15, 0.2) is 52.9 Å². The maximum Gasteiger partial charge on any atom is 0.236 e. The van der Waals surface area contributed by atoms with E-state index in [9.17, 15) is 14.4 Å². The molecule has 4 aromatic rings. The van der Waals surface area contributed by atoms with Gasteiger partial charge < -0.3 is 10.2 Å². The molecular formula is C27H29FN8OS. The zero-order valence-corrected chi connectivity index (χ0v) is 22.4. The minimum Gasteiger partial charge on any atom is -0.348 e. The Balaban J connectivity index is 1.39. The highest BCUT2D eigenvalue weighted by Crippen LogP contribution is 2.37. The van der Waals surface area contributed by atoms with Crippen LogP contribution in [0, 0.1) is 24.1 Å². The predicted molar refractivity (Wildman–Crippen MR) is 142 cm³/mol. The predicted octanol–water partition coefficient (Wildman–Crippen LogP) is 4.22. The Hall–Kier alpha value is -3.75. The third-order valence-corrected chi connectivity index (χ3v) is 8.09. The molecule has 5 rings (SSSR count). The molecule has 0 saturated heterocycles. The number of rotatable bonds is 7. The van der Waals surface area contributed by atoms with Crippen molar-refractivity contribution in [3.63, 3.8) is 0 Å². The third-order valence-electron chi connectivity index (χ3n) is 7.07. The van der Waals surface area contributed by atoms with Gasteiger partial charge in [-0.1, -0.05) is 11.8 Å². The van der Waals surface area contributed by atoms with Crippen molar-refractivity contribution >= 4 is 23.2 Å². The van der Waals surface area contributed by atoms with Gasteiger partial charge >= 0.3 is 0 Å². The van der Waals surface area contributed by atoms with Gasteiger partial charge in [-0.3, -0.25) is 9.48 Å². The Morgan fingerprint density at radius 3 is 2.76 bits per heavy atom. The van der Waals surface area contributed by atoms with Gasteiger partial charge in [0.15, 0.2) is 5.82 Å². The summed E-state index contributed by atoms with van der Waals surface area (Å²) in [6.07, 6.45) is 10.7. The average molecular weight is 533 g/mol. The number of aromatic nitrogens is 5. The highest BCUT2D eigenvalue weighted by molar-refractivity contribution is 7.99. The minimum atomic E-state index is -0.417. The number of likely N-dealkylation sites (N-methyl/N-ethyl adjacent to an activating group) is 1. The van der Waals surface area contributed by atoms with Crippen LogP contribution in [0.3, 0.4) is 0 Å². The molecule has 0 atom stereocenters. The Kier molecular flexibility index (Phi) is 7.44. The number of pyridine rings is 2. The molecule has 0 radical (unpaired) electrons. The maximum absolute atomic E-state index is 14.4. The van der Waals surface area contributed by atoms with E-state index in [4.69, 9.17) is 5.10 Å². The fourth-order valence-electron chi connectivity index (χ4n) is 4.93. The van der Waals surface area contributed by atoms with Crippen LogP contribution in [0.2, 0.25) is 0 Å². The highest BCUT2D eigenvalue weighted by atomic mass is 32.2. The monoisotopic (exact) mass is 532 g/mol. The molecule has 11 heteroatoms. The second-order valence-electron chi connectivity index (χ2n) is 9.71. The van der Waals surface area contributed by atoms with Crippen molar-refractivity contribution in [1.29, 1.82) is 5.26 Å². The lowest BCUT2D eigenvalue weighted by atomic mass is 9.91. The summed E-state index contributed by atoms with van der Waals surface area (Å²) in [5.74, 6) is -0.335. The summed E-state index contributed by atoms with van der Waals surface area (Å²) in [6, 6.07) is 7.66. The summed E-state index contributed by atoms with van der Waals surface area (Å²) in [4.78, 5) is 18.4. The van der Waals surface area contributed by atoms with Crippen LogP contribution in [0.1, 0.15) is 43.0 Å². The number of nitrogens with zero attached hydrogens (tertiary/aromatic N) is 7. The topological polar surface area (TPSA) is 104 Å². The summed E-state index contributed by atoms with van der Waals surface area (Å²) in [5.41, 5.74) is 3.91. The molecule has 0 bridgehead atoms. The second kappa shape index (κ2) is 10.9. The molecule has 4 heterocycles. The van der Waals surface area contributed by atoms with Gasteiger partial charge in [0.1, 0.15) is 11.1 Å². The molecule has 1 N–H and O–H groups in total. The summed E-state index contributed by atoms with van der Waals surface area (Å²) < 4.78 is 18.2. The molecule has 1 aliphatic rings. The van der Waals surface area contributed by atoms with E-state index in [2.05, 4.69) is 33.1 Å². The second-order valence-corrected chi connectivity index (χ2v) is 10.7. The molecule has 196 valence electrons. The summed E-state index contributed by atoms with van der Waals surface area (Å²) in [6.45, 7) is 2.42. The number of carbonyl (C=O) groups excluding carboxylic acids is 1. The molecule has 9 nitrogen and oxygen atoms in total. The normalized spacial score (nSPS) is 17.4. The Labute approximate surface area is 224 Å². The Morgan fingerprint density at radius 2 is 2.05 bits per heavy atom. The van der Waals surface area contributed by atoms with Gasteiger partial charge in [0.25, 0.3) is 0 Å². The van der Waals surface area contributed by atoms with Crippen LogP contribution in [0.4, 0.5) is 4.39 Å². The van der Waals surface area contributed by atoms with Crippen molar-refractivity contribution in [2.24, 2.45) is 0 Å². The lowest BCUT2D eigenvalue weighted by Gasteiger charge is -2.30. The molecular weight excluding hydrogens is 503 g/mol. The van der Waals surface area contributed by atoms with Gasteiger partial charge in [-0.15, -0.1) is 0 Å². The zero-order chi connectivity index (χ0) is 26.8. The van der Waals surface area contributed by atoms with Crippen LogP contribution in [-0.4, -0.2) is 61.9 Å². The molecule has 38 heavy (non-hydrogen) atoms. The van der Waals surface area contributed by atoms with Crippen LogP contribution in [0.25, 0.3) is 16.6 Å². The molecule has 1 aliphatic carbocycles. The Bertz CT molecular complexity index is 1510. The van der Waals surface area contributed by atoms with Crippen LogP contribution >= 0.6 is 11.8 Å². The quantitative estimate of drug-likeness (QED) is 0.380. The van der Waals surface area contributed by atoms with E-state index >= 15 is 0 Å². The van der Waals surface area contributed by atoms with Gasteiger partial charge in [0.2, 0.25) is 5.91 Å². The van der Waals surface area contributed by atoms with Gasteiger partial charge in [0, 0.05) is 54.2 Å². The fourth-order valence-corrected chi connectivity index (χ4v) is 5.90. The molecule has 0 aromatic carbocycles. The average Bonchev–Trinajstić information content (AvgIpc) is 3.52. The Morgan fingerprint density at radius 1 is 1.26 bits per heavy atom. The summed E-state index contributed by atoms with van der Waals surface area (Å²) in [5, 5.41) is 22.4. The highest BCUT2D eigenvalue weighted by Gasteiger charge is 2.25. The van der Waals surface area contributed by atoms with Gasteiger partial charge in [0.05, 0.1) is 36.1 Å². The van der Waals surface area contributed by atoms with Crippen molar-refractivity contribution in [2.45, 2.75) is 54.6 Å². The van der Waals surface area contributed by atoms with Crippen molar-refractivity contribution in [3.8, 4) is 17.2 Å². The smallest absolute Gasteiger partial charge is 0.236 e. The number of hydrogen-bond donors (Lipinski definition) is 1. The standard InChI is InChI=1S/C27H29FN8OS/c1-17-22(14-33-36(17)21-8-6-20(7-9-21)31-15-25(37)34(2)3)18-11-24(38-27-23(28)5-4-10-30-27)26-19(12-29)13-32-35(26)16-18/h4-5,10-11,13-14,16,20-21,31H,6-9,15H2,1-3H3/t20-,21-. The zero-order valence-electron chi connectivity index (χ0n) is 21.6. The first-order valence-corrected chi connectivity index (χ1v) is 13.3. The maximum atomic E-state index is 14.4. The van der Waals surface area contributed by atoms with Crippen LogP contribution in [-0.2, 0) is 4.79 Å². The number of nitriles is 1. The van der Waals surface area contributed by atoms with Crippen molar-refractivity contribution in [3.05, 3.63) is 60.1 Å². The molecule has 0 spiro atoms. The first kappa shape index (κ1) is 25.9. The SMILES string of the molecule is Cc1c(-c2cc(Sc3ncccc3F)c3c(C#N)cnn3c2)cnn1[C@H]1CC[C@H](NCC(=O)N(C)C)CC1. The van der Waals surface area contributed by atoms with Crippen LogP contribution < -0.4 is 5.32 Å². The number of amides is 1. The van der Waals surface area contributed by atoms with Gasteiger partial charge in [-0.25, -0.2) is 13.9 Å². The molecule has 4 aromatic heterocycles. The van der Waals surface area contributed by atoms with Crippen LogP contribution in [0.5, 0.6) is 0 Å². The molecule has 1 saturated carbocycles. The number of hydrogen-bond acceptors (Lipinski definition) is 7. The van der Waals surface area contributed by atoms with E-state index in [0.717, 1.165) is 42.5 Å². The number of carbonyl (C=O) groups is 1. The molecule has 0 aliphatic heterocycles. The van der Waals surface area contributed by atoms with E-state index < -0.39 is 5.82 Å². The van der Waals surface area contributed by atoms with Gasteiger partial charge in [-0.2, -0.15) is 15.5 Å². The summed E-state index contributed by atoms with van der Waals surface area (Å²) >= 11 is 1.18. The first-order valence-electron chi connectivity index (χ1n) is 12.5.